The summed E-state index contributed by atoms with van der Waals surface area (Å²) < 4.78 is 0. The lowest BCUT2D eigenvalue weighted by Crippen LogP contribution is -2.36. The van der Waals surface area contributed by atoms with E-state index in [2.05, 4.69) is 63.0 Å². The van der Waals surface area contributed by atoms with Crippen molar-refractivity contribution in [1.29, 1.82) is 0 Å². The van der Waals surface area contributed by atoms with Crippen LogP contribution in [0.5, 0.6) is 0 Å². The molecule has 0 bridgehead atoms. The van der Waals surface area contributed by atoms with Crippen LogP contribution in [0.15, 0.2) is 24.3 Å². The van der Waals surface area contributed by atoms with E-state index in [4.69, 9.17) is 0 Å². The van der Waals surface area contributed by atoms with Crippen LogP contribution in [0.1, 0.15) is 38.3 Å². The zero-order valence-corrected chi connectivity index (χ0v) is 12.4. The van der Waals surface area contributed by atoms with Gasteiger partial charge in [-0.05, 0) is 23.3 Å². The van der Waals surface area contributed by atoms with Gasteiger partial charge in [-0.15, -0.1) is 0 Å². The number of carbonyl (C=O) groups excluding carboxylic acids is 1. The zero-order chi connectivity index (χ0) is 13.6. The third kappa shape index (κ3) is 4.37. The summed E-state index contributed by atoms with van der Waals surface area (Å²) in [6.45, 7) is 7.10. The van der Waals surface area contributed by atoms with E-state index in [-0.39, 0.29) is 11.3 Å². The standard InChI is InChI=1S/C15H23NOS/c1-4-12-5-7-13(8-6-12)15(2,3)11-16-14(17)9-10-18/h5-8,18H,4,9-11H2,1-3H3,(H,16,17). The normalized spacial score (nSPS) is 11.3. The summed E-state index contributed by atoms with van der Waals surface area (Å²) >= 11 is 4.06. The maximum absolute atomic E-state index is 11.5. The Morgan fingerprint density at radius 1 is 1.28 bits per heavy atom. The van der Waals surface area contributed by atoms with Gasteiger partial charge in [-0.3, -0.25) is 4.79 Å². The number of hydrogen-bond acceptors (Lipinski definition) is 2. The lowest BCUT2D eigenvalue weighted by molar-refractivity contribution is -0.120. The van der Waals surface area contributed by atoms with Gasteiger partial charge < -0.3 is 5.32 Å². The van der Waals surface area contributed by atoms with E-state index in [1.165, 1.54) is 11.1 Å². The molecule has 0 spiro atoms. The third-order valence-corrected chi connectivity index (χ3v) is 3.43. The molecular weight excluding hydrogens is 242 g/mol. The molecule has 0 atom stereocenters. The van der Waals surface area contributed by atoms with Gasteiger partial charge in [0.05, 0.1) is 0 Å². The van der Waals surface area contributed by atoms with E-state index < -0.39 is 0 Å². The molecule has 1 aromatic carbocycles. The Morgan fingerprint density at radius 2 is 1.89 bits per heavy atom. The Bertz CT molecular complexity index is 384. The molecule has 0 heterocycles. The van der Waals surface area contributed by atoms with E-state index in [0.29, 0.717) is 18.7 Å². The summed E-state index contributed by atoms with van der Waals surface area (Å²) in [5.74, 6) is 0.667. The van der Waals surface area contributed by atoms with E-state index in [0.717, 1.165) is 6.42 Å². The fourth-order valence-electron chi connectivity index (χ4n) is 1.80. The topological polar surface area (TPSA) is 29.1 Å². The van der Waals surface area contributed by atoms with Gasteiger partial charge in [0.1, 0.15) is 0 Å². The van der Waals surface area contributed by atoms with Crippen LogP contribution in [0.25, 0.3) is 0 Å². The number of hydrogen-bond donors (Lipinski definition) is 2. The molecule has 0 fully saturated rings. The molecule has 0 aliphatic carbocycles. The van der Waals surface area contributed by atoms with E-state index in [9.17, 15) is 4.79 Å². The highest BCUT2D eigenvalue weighted by molar-refractivity contribution is 7.80. The van der Waals surface area contributed by atoms with E-state index in [1.807, 2.05) is 0 Å². The van der Waals surface area contributed by atoms with Crippen LogP contribution >= 0.6 is 12.6 Å². The largest absolute Gasteiger partial charge is 0.355 e. The number of carbonyl (C=O) groups is 1. The molecule has 18 heavy (non-hydrogen) atoms. The van der Waals surface area contributed by atoms with Crippen LogP contribution < -0.4 is 5.32 Å². The van der Waals surface area contributed by atoms with Crippen molar-refractivity contribution in [2.75, 3.05) is 12.3 Å². The molecule has 0 aliphatic heterocycles. The number of thiol groups is 1. The van der Waals surface area contributed by atoms with Crippen LogP contribution in [-0.2, 0) is 16.6 Å². The number of aryl methyl sites for hydroxylation is 1. The first kappa shape index (κ1) is 15.1. The van der Waals surface area contributed by atoms with Crippen LogP contribution in [0.4, 0.5) is 0 Å². The minimum atomic E-state index is -0.0431. The van der Waals surface area contributed by atoms with Crippen molar-refractivity contribution in [1.82, 2.24) is 5.32 Å². The summed E-state index contributed by atoms with van der Waals surface area (Å²) in [7, 11) is 0. The second kappa shape index (κ2) is 6.83. The molecule has 0 aliphatic rings. The minimum Gasteiger partial charge on any atom is -0.355 e. The highest BCUT2D eigenvalue weighted by Gasteiger charge is 2.21. The predicted molar refractivity (Wildman–Crippen MR) is 80.3 cm³/mol. The molecule has 0 aromatic heterocycles. The molecule has 2 nitrogen and oxygen atoms in total. The van der Waals surface area contributed by atoms with Crippen LogP contribution in [-0.4, -0.2) is 18.2 Å². The Labute approximate surface area is 116 Å². The number of amides is 1. The molecule has 1 N–H and O–H groups in total. The maximum Gasteiger partial charge on any atom is 0.220 e. The molecule has 0 saturated carbocycles. The van der Waals surface area contributed by atoms with Gasteiger partial charge in [0.25, 0.3) is 0 Å². The monoisotopic (exact) mass is 265 g/mol. The summed E-state index contributed by atoms with van der Waals surface area (Å²) in [4.78, 5) is 11.5. The Balaban J connectivity index is 2.63. The Hall–Kier alpha value is -0.960. The fourth-order valence-corrected chi connectivity index (χ4v) is 2.01. The van der Waals surface area contributed by atoms with Gasteiger partial charge >= 0.3 is 0 Å². The van der Waals surface area contributed by atoms with Crippen LogP contribution in [0, 0.1) is 0 Å². The second-order valence-corrected chi connectivity index (χ2v) is 5.63. The predicted octanol–water partition coefficient (Wildman–Crippen LogP) is 2.96. The van der Waals surface area contributed by atoms with Crippen molar-refractivity contribution in [3.05, 3.63) is 35.4 Å². The van der Waals surface area contributed by atoms with Crippen molar-refractivity contribution < 1.29 is 4.79 Å². The molecule has 1 amide bonds. The second-order valence-electron chi connectivity index (χ2n) is 5.18. The van der Waals surface area contributed by atoms with Gasteiger partial charge in [0.15, 0.2) is 0 Å². The first-order valence-corrected chi connectivity index (χ1v) is 7.10. The first-order valence-electron chi connectivity index (χ1n) is 6.46. The summed E-state index contributed by atoms with van der Waals surface area (Å²) in [5, 5.41) is 2.96. The SMILES string of the molecule is CCc1ccc(C(C)(C)CNC(=O)CCS)cc1. The van der Waals surface area contributed by atoms with Gasteiger partial charge in [-0.2, -0.15) is 12.6 Å². The molecule has 0 radical (unpaired) electrons. The quantitative estimate of drug-likeness (QED) is 0.761. The molecule has 100 valence electrons. The summed E-state index contributed by atoms with van der Waals surface area (Å²) in [6.07, 6.45) is 1.54. The van der Waals surface area contributed by atoms with Crippen molar-refractivity contribution in [3.63, 3.8) is 0 Å². The average Bonchev–Trinajstić information content (AvgIpc) is 2.37. The zero-order valence-electron chi connectivity index (χ0n) is 11.5. The summed E-state index contributed by atoms with van der Waals surface area (Å²) in [5.41, 5.74) is 2.55. The van der Waals surface area contributed by atoms with Crippen LogP contribution in [0.3, 0.4) is 0 Å². The average molecular weight is 265 g/mol. The van der Waals surface area contributed by atoms with Crippen LogP contribution in [0.2, 0.25) is 0 Å². The minimum absolute atomic E-state index is 0.0431. The lowest BCUT2D eigenvalue weighted by atomic mass is 9.84. The summed E-state index contributed by atoms with van der Waals surface area (Å²) in [6, 6.07) is 8.63. The molecule has 1 rings (SSSR count). The van der Waals surface area contributed by atoms with Crippen molar-refractivity contribution in [2.45, 2.75) is 39.0 Å². The highest BCUT2D eigenvalue weighted by Crippen LogP contribution is 2.22. The number of nitrogens with one attached hydrogen (secondary N) is 1. The fraction of sp³-hybridized carbons (Fsp3) is 0.533. The molecule has 1 aromatic rings. The number of rotatable bonds is 6. The van der Waals surface area contributed by atoms with Crippen molar-refractivity contribution in [2.24, 2.45) is 0 Å². The molecule has 0 unspecified atom stereocenters. The van der Waals surface area contributed by atoms with Crippen molar-refractivity contribution in [3.8, 4) is 0 Å². The molecular formula is C15H23NOS. The Morgan fingerprint density at radius 3 is 2.39 bits per heavy atom. The van der Waals surface area contributed by atoms with Gasteiger partial charge in [0, 0.05) is 18.4 Å². The smallest absolute Gasteiger partial charge is 0.220 e. The van der Waals surface area contributed by atoms with E-state index >= 15 is 0 Å². The third-order valence-electron chi connectivity index (χ3n) is 3.21. The van der Waals surface area contributed by atoms with Gasteiger partial charge in [-0.25, -0.2) is 0 Å². The maximum atomic E-state index is 11.5. The van der Waals surface area contributed by atoms with Gasteiger partial charge in [0.2, 0.25) is 5.91 Å². The lowest BCUT2D eigenvalue weighted by Gasteiger charge is -2.26. The Kier molecular flexibility index (Phi) is 5.73. The number of benzene rings is 1. The van der Waals surface area contributed by atoms with Crippen molar-refractivity contribution >= 4 is 18.5 Å². The van der Waals surface area contributed by atoms with Gasteiger partial charge in [-0.1, -0.05) is 45.0 Å². The van der Waals surface area contributed by atoms with E-state index in [1.54, 1.807) is 0 Å². The first-order chi connectivity index (χ1) is 8.49. The molecule has 0 saturated heterocycles. The molecule has 3 heteroatoms. The highest BCUT2D eigenvalue weighted by atomic mass is 32.1.